The SMILES string of the molecule is O=C(O)CCNC(=O)N(CCC(=O)O)C(=O)NCCC(=O)O. The summed E-state index contributed by atoms with van der Waals surface area (Å²) in [5.41, 5.74) is 0. The number of carboxylic acids is 3. The first-order valence-electron chi connectivity index (χ1n) is 6.22. The van der Waals surface area contributed by atoms with Gasteiger partial charge in [0, 0.05) is 19.6 Å². The normalized spacial score (nSPS) is 9.64. The Kier molecular flexibility index (Phi) is 8.67. The lowest BCUT2D eigenvalue weighted by molar-refractivity contribution is -0.137. The van der Waals surface area contributed by atoms with Crippen molar-refractivity contribution in [2.24, 2.45) is 0 Å². The lowest BCUT2D eigenvalue weighted by Crippen LogP contribution is -2.49. The Bertz CT molecular complexity index is 419. The first kappa shape index (κ1) is 19.1. The first-order valence-corrected chi connectivity index (χ1v) is 6.22. The van der Waals surface area contributed by atoms with E-state index in [2.05, 4.69) is 10.6 Å². The number of amides is 4. The number of aliphatic carboxylic acids is 3. The van der Waals surface area contributed by atoms with Crippen molar-refractivity contribution in [2.75, 3.05) is 19.6 Å². The minimum absolute atomic E-state index is 0.236. The van der Waals surface area contributed by atoms with Crippen LogP contribution in [-0.2, 0) is 14.4 Å². The number of carboxylic acid groups (broad SMARTS) is 3. The second-order valence-electron chi connectivity index (χ2n) is 4.05. The summed E-state index contributed by atoms with van der Waals surface area (Å²) in [6, 6.07) is -1.93. The van der Waals surface area contributed by atoms with Crippen molar-refractivity contribution in [3.63, 3.8) is 0 Å². The van der Waals surface area contributed by atoms with Gasteiger partial charge in [-0.15, -0.1) is 0 Å². The highest BCUT2D eigenvalue weighted by Crippen LogP contribution is 1.96. The molecule has 124 valence electrons. The summed E-state index contributed by atoms with van der Waals surface area (Å²) in [5.74, 6) is -3.53. The van der Waals surface area contributed by atoms with Gasteiger partial charge in [-0.3, -0.25) is 14.4 Å². The molecule has 0 unspecified atom stereocenters. The molecule has 0 aromatic carbocycles. The van der Waals surface area contributed by atoms with Gasteiger partial charge in [0.15, 0.2) is 0 Å². The van der Waals surface area contributed by atoms with Crippen LogP contribution in [0.25, 0.3) is 0 Å². The number of hydrogen-bond acceptors (Lipinski definition) is 5. The van der Waals surface area contributed by atoms with Crippen LogP contribution in [0.4, 0.5) is 9.59 Å². The van der Waals surface area contributed by atoms with E-state index in [4.69, 9.17) is 15.3 Å². The molecule has 5 N–H and O–H groups in total. The third-order valence-electron chi connectivity index (χ3n) is 2.27. The number of carbonyl (C=O) groups is 5. The van der Waals surface area contributed by atoms with E-state index in [1.54, 1.807) is 0 Å². The molecule has 0 atom stereocenters. The van der Waals surface area contributed by atoms with E-state index in [1.807, 2.05) is 0 Å². The van der Waals surface area contributed by atoms with Crippen molar-refractivity contribution in [3.05, 3.63) is 0 Å². The predicted octanol–water partition coefficient (Wildman–Crippen LogP) is -0.868. The topological polar surface area (TPSA) is 173 Å². The first-order chi connectivity index (χ1) is 10.2. The summed E-state index contributed by atoms with van der Waals surface area (Å²) in [4.78, 5) is 55.2. The van der Waals surface area contributed by atoms with Gasteiger partial charge in [0.25, 0.3) is 0 Å². The zero-order valence-corrected chi connectivity index (χ0v) is 11.6. The quantitative estimate of drug-likeness (QED) is 0.364. The molecule has 0 aliphatic heterocycles. The molecule has 0 aliphatic rings. The Morgan fingerprint density at radius 2 is 1.05 bits per heavy atom. The van der Waals surface area contributed by atoms with E-state index in [9.17, 15) is 24.0 Å². The highest BCUT2D eigenvalue weighted by Gasteiger charge is 2.22. The van der Waals surface area contributed by atoms with Crippen LogP contribution < -0.4 is 10.6 Å². The number of rotatable bonds is 9. The zero-order chi connectivity index (χ0) is 17.1. The molecule has 22 heavy (non-hydrogen) atoms. The van der Waals surface area contributed by atoms with E-state index in [1.165, 1.54) is 0 Å². The highest BCUT2D eigenvalue weighted by molar-refractivity contribution is 5.94. The number of urea groups is 2. The number of hydrogen-bond donors (Lipinski definition) is 5. The Hall–Kier alpha value is -2.85. The zero-order valence-electron chi connectivity index (χ0n) is 11.6. The van der Waals surface area contributed by atoms with Crippen LogP contribution in [0.2, 0.25) is 0 Å². The van der Waals surface area contributed by atoms with Crippen LogP contribution in [0.5, 0.6) is 0 Å². The van der Waals surface area contributed by atoms with Crippen molar-refractivity contribution in [1.82, 2.24) is 15.5 Å². The molecule has 0 rings (SSSR count). The largest absolute Gasteiger partial charge is 0.481 e. The minimum atomic E-state index is -1.23. The van der Waals surface area contributed by atoms with Crippen LogP contribution in [0, 0.1) is 0 Å². The Morgan fingerprint density at radius 3 is 1.36 bits per heavy atom. The number of nitrogens with one attached hydrogen (secondary N) is 2. The predicted molar refractivity (Wildman–Crippen MR) is 70.3 cm³/mol. The molecular formula is C11H17N3O8. The van der Waals surface area contributed by atoms with Gasteiger partial charge in [0.1, 0.15) is 0 Å². The van der Waals surface area contributed by atoms with Crippen LogP contribution >= 0.6 is 0 Å². The molecule has 0 bridgehead atoms. The van der Waals surface area contributed by atoms with Crippen LogP contribution in [0.15, 0.2) is 0 Å². The average Bonchev–Trinajstić information content (AvgIpc) is 2.37. The number of carbonyl (C=O) groups excluding carboxylic acids is 2. The molecule has 0 aromatic heterocycles. The summed E-state index contributed by atoms with van der Waals surface area (Å²) >= 11 is 0. The highest BCUT2D eigenvalue weighted by atomic mass is 16.4. The average molecular weight is 319 g/mol. The van der Waals surface area contributed by atoms with Crippen LogP contribution in [-0.4, -0.2) is 69.8 Å². The fourth-order valence-corrected chi connectivity index (χ4v) is 1.25. The monoisotopic (exact) mass is 319 g/mol. The maximum absolute atomic E-state index is 11.7. The maximum atomic E-state index is 11.7. The molecule has 0 fully saturated rings. The summed E-state index contributed by atoms with van der Waals surface area (Å²) in [5, 5.41) is 29.8. The van der Waals surface area contributed by atoms with Crippen LogP contribution in [0.3, 0.4) is 0 Å². The molecular weight excluding hydrogens is 302 g/mol. The van der Waals surface area contributed by atoms with E-state index >= 15 is 0 Å². The summed E-state index contributed by atoms with van der Waals surface area (Å²) in [6.45, 7) is -0.909. The van der Waals surface area contributed by atoms with Gasteiger partial charge in [-0.25, -0.2) is 14.5 Å². The maximum Gasteiger partial charge on any atom is 0.325 e. The lowest BCUT2D eigenvalue weighted by Gasteiger charge is -2.20. The van der Waals surface area contributed by atoms with E-state index in [-0.39, 0.29) is 25.9 Å². The summed E-state index contributed by atoms with van der Waals surface area (Å²) in [6.07, 6.45) is -1.23. The standard InChI is InChI=1S/C11H17N3O8/c15-7(16)1-4-12-10(21)14(6-3-9(19)20)11(22)13-5-2-8(17)18/h1-6H2,(H,12,21)(H,13,22)(H,15,16)(H,17,18)(H,19,20). The number of nitrogens with zero attached hydrogens (tertiary/aromatic N) is 1. The minimum Gasteiger partial charge on any atom is -0.481 e. The molecule has 0 spiro atoms. The van der Waals surface area contributed by atoms with E-state index < -0.39 is 42.9 Å². The van der Waals surface area contributed by atoms with Gasteiger partial charge in [-0.05, 0) is 0 Å². The van der Waals surface area contributed by atoms with E-state index in [0.29, 0.717) is 4.90 Å². The van der Waals surface area contributed by atoms with Crippen molar-refractivity contribution in [2.45, 2.75) is 19.3 Å². The third-order valence-corrected chi connectivity index (χ3v) is 2.27. The molecule has 0 heterocycles. The van der Waals surface area contributed by atoms with Crippen LogP contribution in [0.1, 0.15) is 19.3 Å². The van der Waals surface area contributed by atoms with Gasteiger partial charge in [0.2, 0.25) is 0 Å². The Labute approximate surface area is 124 Å². The van der Waals surface area contributed by atoms with Crippen molar-refractivity contribution in [3.8, 4) is 0 Å². The molecule has 0 saturated carbocycles. The Morgan fingerprint density at radius 1 is 0.682 bits per heavy atom. The van der Waals surface area contributed by atoms with Gasteiger partial charge < -0.3 is 26.0 Å². The fourth-order valence-electron chi connectivity index (χ4n) is 1.25. The van der Waals surface area contributed by atoms with Crippen molar-refractivity contribution >= 4 is 30.0 Å². The molecule has 4 amide bonds. The third kappa shape index (κ3) is 9.12. The van der Waals surface area contributed by atoms with Crippen molar-refractivity contribution < 1.29 is 39.3 Å². The molecule has 11 heteroatoms. The van der Waals surface area contributed by atoms with Gasteiger partial charge in [-0.2, -0.15) is 0 Å². The molecule has 11 nitrogen and oxygen atoms in total. The van der Waals surface area contributed by atoms with Gasteiger partial charge in [0.05, 0.1) is 19.3 Å². The van der Waals surface area contributed by atoms with Gasteiger partial charge in [-0.1, -0.05) is 0 Å². The van der Waals surface area contributed by atoms with Gasteiger partial charge >= 0.3 is 30.0 Å². The fraction of sp³-hybridized carbons (Fsp3) is 0.545. The lowest BCUT2D eigenvalue weighted by atomic mass is 10.4. The Balaban J connectivity index is 4.54. The van der Waals surface area contributed by atoms with E-state index in [0.717, 1.165) is 0 Å². The summed E-state index contributed by atoms with van der Waals surface area (Å²) in [7, 11) is 0. The smallest absolute Gasteiger partial charge is 0.325 e. The molecule has 0 radical (unpaired) electrons. The second kappa shape index (κ2) is 9.96. The molecule has 0 aliphatic carbocycles. The number of imide groups is 1. The summed E-state index contributed by atoms with van der Waals surface area (Å²) < 4.78 is 0. The second-order valence-corrected chi connectivity index (χ2v) is 4.05. The molecule has 0 aromatic rings. The molecule has 0 saturated heterocycles. The van der Waals surface area contributed by atoms with Crippen molar-refractivity contribution in [1.29, 1.82) is 0 Å².